The second kappa shape index (κ2) is 29.5. The number of halogens is 3. The van der Waals surface area contributed by atoms with Gasteiger partial charge in [0.1, 0.15) is 75.3 Å². The van der Waals surface area contributed by atoms with Crippen LogP contribution in [0.4, 0.5) is 27.0 Å². The van der Waals surface area contributed by atoms with Crippen LogP contribution < -0.4 is 22.1 Å². The molecule has 0 unspecified atom stereocenters. The molecule has 30 heteroatoms. The standard InChI is InChI=1S/C29H25ClN8O2.C28H25ClN6O3.C24H17ClN8/c1-16-35-26-20(27-33-15-34-37-27)12-18(17-8-10-31-24(14-17)36-28(39)40-29(2,3)4)13-23(26)38(16)22-9-11-32-25-19(22)6-5-7-21(25)30;1-15-33-25-19(26(30)36)12-17(16-8-10-31-23(14-16)34-27(37)38-28(2,3)4)13-22(25)35(15)21-9-11-32-24-18(21)6-5-7-20(24)29;1-13-31-23-17(24-29-12-30-32-24)9-15(14-5-7-27-21(26)11-14)10-20(23)33(13)19-6-8-28-22-16(19)3-2-4-18(22)25/h5-15H,1-4H3,(H,31,36,39)(H,33,34,37);5-14H,1-4H3,(H2,30,36)(H,31,34,37);2-12H,1H3,(H2,26,27)(H,29,30,32). The van der Waals surface area contributed by atoms with Crippen molar-refractivity contribution < 1.29 is 23.9 Å². The molecule has 0 aliphatic rings. The zero-order valence-corrected chi connectivity index (χ0v) is 63.2. The highest BCUT2D eigenvalue weighted by molar-refractivity contribution is 6.36. The number of hydrogen-bond donors (Lipinski definition) is 6. The van der Waals surface area contributed by atoms with Gasteiger partial charge in [0.05, 0.1) is 70.8 Å². The van der Waals surface area contributed by atoms with Crippen molar-refractivity contribution in [3.63, 3.8) is 0 Å². The largest absolute Gasteiger partial charge is 0.444 e. The van der Waals surface area contributed by atoms with Gasteiger partial charge in [-0.1, -0.05) is 71.2 Å². The molecule has 3 amide bonds. The van der Waals surface area contributed by atoms with Crippen LogP contribution in [0.15, 0.2) is 195 Å². The fourth-order valence-electron chi connectivity index (χ4n) is 13.3. The van der Waals surface area contributed by atoms with Gasteiger partial charge < -0.3 is 20.9 Å². The van der Waals surface area contributed by atoms with Gasteiger partial charge in [-0.05, 0) is 205 Å². The number of aryl methyl sites for hydroxylation is 3. The second-order valence-electron chi connectivity index (χ2n) is 27.7. The van der Waals surface area contributed by atoms with Gasteiger partial charge in [-0.3, -0.25) is 54.3 Å². The Hall–Kier alpha value is -13.6. The van der Waals surface area contributed by atoms with E-state index in [0.29, 0.717) is 83.2 Å². The molecule has 0 saturated heterocycles. The highest BCUT2D eigenvalue weighted by Crippen LogP contribution is 2.41. The Morgan fingerprint density at radius 3 is 1.14 bits per heavy atom. The van der Waals surface area contributed by atoms with E-state index in [1.807, 2.05) is 149 Å². The Labute approximate surface area is 647 Å². The van der Waals surface area contributed by atoms with Crippen LogP contribution in [0.2, 0.25) is 15.1 Å². The first-order valence-corrected chi connectivity index (χ1v) is 35.8. The first-order chi connectivity index (χ1) is 53.3. The first kappa shape index (κ1) is 72.9. The number of nitrogens with two attached hydrogens (primary N) is 2. The summed E-state index contributed by atoms with van der Waals surface area (Å²) in [5.41, 5.74) is 26.6. The number of nitrogen functional groups attached to an aromatic ring is 1. The number of ether oxygens (including phenoxy) is 2. The number of carbonyl (C=O) groups excluding carboxylic acids is 3. The number of nitrogens with one attached hydrogen (secondary N) is 4. The summed E-state index contributed by atoms with van der Waals surface area (Å²) in [6, 6.07) is 45.6. The molecule has 8 N–H and O–H groups in total. The lowest BCUT2D eigenvalue weighted by Crippen LogP contribution is -2.27. The number of aromatic amines is 2. The van der Waals surface area contributed by atoms with Crippen molar-refractivity contribution in [2.24, 2.45) is 5.73 Å². The number of pyridine rings is 6. The van der Waals surface area contributed by atoms with Crippen LogP contribution in [0, 0.1) is 20.8 Å². The van der Waals surface area contributed by atoms with Gasteiger partial charge in [0.2, 0.25) is 0 Å². The van der Waals surface area contributed by atoms with Crippen LogP contribution in [0.1, 0.15) is 69.4 Å². The van der Waals surface area contributed by atoms with Crippen LogP contribution in [0.3, 0.4) is 0 Å². The van der Waals surface area contributed by atoms with Crippen molar-refractivity contribution in [1.29, 1.82) is 0 Å². The summed E-state index contributed by atoms with van der Waals surface area (Å²) >= 11 is 19.3. The van der Waals surface area contributed by atoms with Crippen molar-refractivity contribution in [3.8, 4) is 73.2 Å². The fourth-order valence-corrected chi connectivity index (χ4v) is 13.9. The molecule has 17 aromatic rings. The van der Waals surface area contributed by atoms with E-state index in [-0.39, 0.29) is 5.56 Å². The number of H-pyrrole nitrogens is 2. The van der Waals surface area contributed by atoms with Crippen molar-refractivity contribution in [3.05, 3.63) is 234 Å². The number of nitrogens with zero attached hydrogens (tertiary/aromatic N) is 16. The minimum absolute atomic E-state index is 0.272. The zero-order chi connectivity index (χ0) is 77.7. The molecule has 0 saturated carbocycles. The van der Waals surface area contributed by atoms with E-state index in [1.165, 1.54) is 12.7 Å². The molecule has 11 heterocycles. The third kappa shape index (κ3) is 14.9. The van der Waals surface area contributed by atoms with E-state index in [9.17, 15) is 14.4 Å². The topological polar surface area (TPSA) is 360 Å². The quantitative estimate of drug-likeness (QED) is 0.0700. The zero-order valence-electron chi connectivity index (χ0n) is 61.0. The molecule has 0 fully saturated rings. The van der Waals surface area contributed by atoms with Gasteiger partial charge >= 0.3 is 12.2 Å². The smallest absolute Gasteiger partial charge is 0.413 e. The lowest BCUT2D eigenvalue weighted by atomic mass is 10.0. The molecule has 0 aliphatic heterocycles. The SMILES string of the molecule is Cc1nc2c(-c3ncn[nH]3)cc(-c3ccnc(N)c3)cc2n1-c1ccnc2c(Cl)cccc12.Cc1nc2c(-c3ncn[nH]3)cc(-c3ccnc(NC(=O)OC(C)(C)C)c3)cc2n1-c1ccnc2c(Cl)cccc12.Cc1nc2c(C(N)=O)cc(-c3ccnc(NC(=O)OC(C)(C)C)c3)cc2n1-c1ccnc2c(Cl)cccc12. The number of fused-ring (bicyclic) bond motifs is 6. The predicted octanol–water partition coefficient (Wildman–Crippen LogP) is 17.7. The maximum absolute atomic E-state index is 12.5. The molecule has 552 valence electrons. The highest BCUT2D eigenvalue weighted by Gasteiger charge is 2.26. The van der Waals surface area contributed by atoms with E-state index in [4.69, 9.17) is 65.7 Å². The van der Waals surface area contributed by atoms with E-state index in [1.54, 1.807) is 88.3 Å². The van der Waals surface area contributed by atoms with Gasteiger partial charge in [0.25, 0.3) is 5.91 Å². The summed E-state index contributed by atoms with van der Waals surface area (Å²) in [6.45, 7) is 16.6. The number of carbonyl (C=O) groups is 3. The molecule has 27 nitrogen and oxygen atoms in total. The molecule has 0 bridgehead atoms. The van der Waals surface area contributed by atoms with Gasteiger partial charge in [-0.15, -0.1) is 0 Å². The summed E-state index contributed by atoms with van der Waals surface area (Å²) in [5.74, 6) is 4.00. The summed E-state index contributed by atoms with van der Waals surface area (Å²) in [7, 11) is 0. The van der Waals surface area contributed by atoms with Crippen molar-refractivity contribution >= 4 is 136 Å². The van der Waals surface area contributed by atoms with Crippen LogP contribution in [0.5, 0.6) is 0 Å². The van der Waals surface area contributed by atoms with Crippen LogP contribution in [-0.4, -0.2) is 118 Å². The fraction of sp³-hybridized carbons (Fsp3) is 0.136. The van der Waals surface area contributed by atoms with Crippen molar-refractivity contribution in [2.45, 2.75) is 73.5 Å². The summed E-state index contributed by atoms with van der Waals surface area (Å²) in [6.07, 6.45) is 11.9. The lowest BCUT2D eigenvalue weighted by Gasteiger charge is -2.19. The van der Waals surface area contributed by atoms with Gasteiger partial charge in [-0.2, -0.15) is 10.2 Å². The predicted molar refractivity (Wildman–Crippen MR) is 431 cm³/mol. The number of para-hydroxylation sites is 3. The molecular weight excluding hydrogens is 1470 g/mol. The third-order valence-corrected chi connectivity index (χ3v) is 18.7. The van der Waals surface area contributed by atoms with Gasteiger partial charge in [0, 0.05) is 64.5 Å². The Bertz CT molecular complexity index is 6530. The molecular formula is C81H67Cl3N22O5. The number of benzene rings is 6. The molecule has 6 aromatic carbocycles. The number of aromatic nitrogens is 18. The molecule has 111 heavy (non-hydrogen) atoms. The summed E-state index contributed by atoms with van der Waals surface area (Å²) < 4.78 is 16.9. The normalized spacial score (nSPS) is 11.6. The average Bonchev–Trinajstić information content (AvgIpc) is 1.62. The minimum atomic E-state index is -0.652. The number of primary amides is 1. The third-order valence-electron chi connectivity index (χ3n) is 17.8. The van der Waals surface area contributed by atoms with E-state index >= 15 is 0 Å². The van der Waals surface area contributed by atoms with E-state index in [2.05, 4.69) is 97.2 Å². The number of amides is 3. The van der Waals surface area contributed by atoms with Crippen molar-refractivity contribution in [2.75, 3.05) is 16.4 Å². The monoisotopic (exact) mass is 1530 g/mol. The number of imidazole rings is 3. The average molecular weight is 1530 g/mol. The Kier molecular flexibility index (Phi) is 19.4. The van der Waals surface area contributed by atoms with Crippen LogP contribution >= 0.6 is 34.8 Å². The molecule has 0 atom stereocenters. The Balaban J connectivity index is 0.000000133. The molecule has 11 aromatic heterocycles. The first-order valence-electron chi connectivity index (χ1n) is 34.7. The second-order valence-corrected chi connectivity index (χ2v) is 28.9. The molecule has 0 spiro atoms. The van der Waals surface area contributed by atoms with Crippen LogP contribution in [0.25, 0.3) is 139 Å². The number of rotatable bonds is 11. The van der Waals surface area contributed by atoms with E-state index < -0.39 is 29.3 Å². The Morgan fingerprint density at radius 2 is 0.775 bits per heavy atom. The number of anilines is 3. The molecule has 17 rings (SSSR count). The summed E-state index contributed by atoms with van der Waals surface area (Å²) in [5, 5.41) is 23.8. The lowest BCUT2D eigenvalue weighted by molar-refractivity contribution is 0.0624. The van der Waals surface area contributed by atoms with Gasteiger partial charge in [-0.25, -0.2) is 49.5 Å². The van der Waals surface area contributed by atoms with Crippen LogP contribution in [-0.2, 0) is 9.47 Å². The summed E-state index contributed by atoms with van der Waals surface area (Å²) in [4.78, 5) is 86.6. The maximum atomic E-state index is 12.5. The number of hydrogen-bond acceptors (Lipinski definition) is 19. The van der Waals surface area contributed by atoms with E-state index in [0.717, 1.165) is 106 Å². The van der Waals surface area contributed by atoms with Crippen molar-refractivity contribution in [1.82, 2.24) is 88.9 Å². The maximum Gasteiger partial charge on any atom is 0.413 e. The highest BCUT2D eigenvalue weighted by atomic mass is 35.5. The Morgan fingerprint density at radius 1 is 0.414 bits per heavy atom. The molecule has 0 radical (unpaired) electrons. The minimum Gasteiger partial charge on any atom is -0.444 e. The van der Waals surface area contributed by atoms with Gasteiger partial charge in [0.15, 0.2) is 11.6 Å². The molecule has 0 aliphatic carbocycles.